The van der Waals surface area contributed by atoms with E-state index in [0.29, 0.717) is 12.5 Å². The van der Waals surface area contributed by atoms with Gasteiger partial charge in [0.25, 0.3) is 0 Å². The predicted molar refractivity (Wildman–Crippen MR) is 133 cm³/mol. The molecule has 0 aromatic carbocycles. The molecule has 194 valence electrons. The highest BCUT2D eigenvalue weighted by Gasteiger charge is 2.76. The van der Waals surface area contributed by atoms with E-state index >= 15 is 0 Å². The molecule has 0 radical (unpaired) electrons. The Hall–Kier alpha value is -1.89. The van der Waals surface area contributed by atoms with Crippen molar-refractivity contribution in [3.8, 4) is 0 Å². The van der Waals surface area contributed by atoms with Crippen LogP contribution in [0.5, 0.6) is 0 Å². The van der Waals surface area contributed by atoms with E-state index in [1.807, 2.05) is 19.1 Å². The van der Waals surface area contributed by atoms with Gasteiger partial charge in [-0.05, 0) is 44.9 Å². The largest absolute Gasteiger partial charge is 0.356 e. The van der Waals surface area contributed by atoms with Crippen LogP contribution in [0.25, 0.3) is 0 Å². The zero-order valence-electron chi connectivity index (χ0n) is 21.7. The van der Waals surface area contributed by atoms with Gasteiger partial charge in [0.15, 0.2) is 0 Å². The Labute approximate surface area is 209 Å². The van der Waals surface area contributed by atoms with Crippen LogP contribution in [0.4, 0.5) is 0 Å². The van der Waals surface area contributed by atoms with Gasteiger partial charge in [-0.25, -0.2) is 0 Å². The second-order valence-electron chi connectivity index (χ2n) is 12.2. The molecule has 7 nitrogen and oxygen atoms in total. The van der Waals surface area contributed by atoms with Gasteiger partial charge in [-0.3, -0.25) is 14.4 Å². The summed E-state index contributed by atoms with van der Waals surface area (Å²) in [4.78, 5) is 43.2. The smallest absolute Gasteiger partial charge is 0.246 e. The number of hydrogen-bond donors (Lipinski definition) is 2. The molecule has 2 saturated heterocycles. The molecule has 2 saturated carbocycles. The van der Waals surface area contributed by atoms with Crippen LogP contribution in [0, 0.1) is 17.8 Å². The summed E-state index contributed by atoms with van der Waals surface area (Å²) in [6, 6.07) is -0.415. The van der Waals surface area contributed by atoms with Crippen molar-refractivity contribution in [2.75, 3.05) is 6.54 Å². The molecule has 5 atom stereocenters. The highest BCUT2D eigenvalue weighted by atomic mass is 16.5. The van der Waals surface area contributed by atoms with Crippen molar-refractivity contribution in [2.45, 2.75) is 121 Å². The molecule has 0 unspecified atom stereocenters. The number of nitrogens with one attached hydrogen (secondary N) is 2. The Bertz CT molecular complexity index is 875. The van der Waals surface area contributed by atoms with E-state index in [9.17, 15) is 14.4 Å². The first-order valence-electron chi connectivity index (χ1n) is 14.1. The molecule has 5 rings (SSSR count). The van der Waals surface area contributed by atoms with Crippen molar-refractivity contribution in [1.29, 1.82) is 0 Å². The minimum atomic E-state index is -1.07. The monoisotopic (exact) mass is 485 g/mol. The Morgan fingerprint density at radius 1 is 0.971 bits per heavy atom. The SMILES string of the molecule is CC(C)CCN1C(=O)[C@@H]2[C@H](C(=O)NC3CCCCC3)[C@@]3(C)C=C[C@@]2(O3)[C@@H]1C(=O)NC1CCCCC1. The number of rotatable bonds is 7. The van der Waals surface area contributed by atoms with Crippen LogP contribution in [-0.4, -0.2) is 58.5 Å². The van der Waals surface area contributed by atoms with Crippen LogP contribution in [0.1, 0.15) is 91.4 Å². The maximum Gasteiger partial charge on any atom is 0.246 e. The summed E-state index contributed by atoms with van der Waals surface area (Å²) in [6.45, 7) is 6.66. The van der Waals surface area contributed by atoms with E-state index in [4.69, 9.17) is 4.74 Å². The molecular formula is C28H43N3O4. The lowest BCUT2D eigenvalue weighted by molar-refractivity contribution is -0.145. The number of nitrogens with zero attached hydrogens (tertiary/aromatic N) is 1. The molecule has 3 heterocycles. The van der Waals surface area contributed by atoms with Crippen molar-refractivity contribution in [1.82, 2.24) is 15.5 Å². The first kappa shape index (κ1) is 24.8. The standard InChI is InChI=1S/C28H43N3O4/c1-18(2)14-17-31-23(25(33)30-20-12-8-5-9-13-20)28-16-15-27(3,35-28)21(22(28)26(31)34)24(32)29-19-10-6-4-7-11-19/h15-16,18-23H,4-14,17H2,1-3H3,(H,29,32)(H,30,33)/t21-,22+,23+,27-,28+/m1/s1. The third-order valence-electron chi connectivity index (χ3n) is 9.18. The van der Waals surface area contributed by atoms with Crippen molar-refractivity contribution in [3.63, 3.8) is 0 Å². The summed E-state index contributed by atoms with van der Waals surface area (Å²) in [5, 5.41) is 6.52. The van der Waals surface area contributed by atoms with E-state index in [-0.39, 0.29) is 29.8 Å². The number of likely N-dealkylation sites (tertiary alicyclic amines) is 1. The fourth-order valence-corrected chi connectivity index (χ4v) is 7.33. The fraction of sp³-hybridized carbons (Fsp3) is 0.821. The Morgan fingerprint density at radius 3 is 2.11 bits per heavy atom. The molecule has 2 bridgehead atoms. The molecule has 0 aromatic rings. The lowest BCUT2D eigenvalue weighted by Crippen LogP contribution is -2.56. The van der Waals surface area contributed by atoms with Crippen LogP contribution in [0.3, 0.4) is 0 Å². The zero-order valence-corrected chi connectivity index (χ0v) is 21.7. The molecule has 2 N–H and O–H groups in total. The third kappa shape index (κ3) is 4.32. The Kier molecular flexibility index (Phi) is 6.75. The van der Waals surface area contributed by atoms with Crippen LogP contribution in [0.15, 0.2) is 12.2 Å². The second kappa shape index (κ2) is 9.53. The van der Waals surface area contributed by atoms with E-state index in [1.165, 1.54) is 12.8 Å². The van der Waals surface area contributed by atoms with E-state index in [2.05, 4.69) is 24.5 Å². The van der Waals surface area contributed by atoms with Gasteiger partial charge in [0.2, 0.25) is 17.7 Å². The quantitative estimate of drug-likeness (QED) is 0.541. The molecule has 5 aliphatic rings. The normalized spacial score (nSPS) is 37.2. The lowest BCUT2D eigenvalue weighted by atomic mass is 9.70. The third-order valence-corrected chi connectivity index (χ3v) is 9.18. The average Bonchev–Trinajstić information content (AvgIpc) is 3.39. The first-order chi connectivity index (χ1) is 16.7. The van der Waals surface area contributed by atoms with Crippen molar-refractivity contribution in [3.05, 3.63) is 12.2 Å². The van der Waals surface area contributed by atoms with Crippen LogP contribution >= 0.6 is 0 Å². The highest BCUT2D eigenvalue weighted by molar-refractivity contribution is 6.00. The number of carbonyl (C=O) groups excluding carboxylic acids is 3. The minimum absolute atomic E-state index is 0.0962. The van der Waals surface area contributed by atoms with Gasteiger partial charge in [0, 0.05) is 18.6 Å². The zero-order chi connectivity index (χ0) is 24.8. The summed E-state index contributed by atoms with van der Waals surface area (Å²) < 4.78 is 6.63. The summed E-state index contributed by atoms with van der Waals surface area (Å²) >= 11 is 0. The molecule has 7 heteroatoms. The summed E-state index contributed by atoms with van der Waals surface area (Å²) in [5.41, 5.74) is -1.94. The molecule has 3 aliphatic heterocycles. The molecule has 3 amide bonds. The van der Waals surface area contributed by atoms with E-state index < -0.39 is 29.1 Å². The number of fused-ring (bicyclic) bond motifs is 1. The van der Waals surface area contributed by atoms with Gasteiger partial charge >= 0.3 is 0 Å². The lowest BCUT2D eigenvalue weighted by Gasteiger charge is -2.35. The summed E-state index contributed by atoms with van der Waals surface area (Å²) in [7, 11) is 0. The summed E-state index contributed by atoms with van der Waals surface area (Å²) in [5.74, 6) is -1.20. The van der Waals surface area contributed by atoms with Crippen molar-refractivity contribution < 1.29 is 19.1 Å². The van der Waals surface area contributed by atoms with Gasteiger partial charge in [-0.15, -0.1) is 0 Å². The first-order valence-corrected chi connectivity index (χ1v) is 14.1. The molecule has 0 aromatic heterocycles. The van der Waals surface area contributed by atoms with Crippen LogP contribution in [-0.2, 0) is 19.1 Å². The van der Waals surface area contributed by atoms with Gasteiger partial charge in [-0.1, -0.05) is 64.5 Å². The maximum absolute atomic E-state index is 14.0. The van der Waals surface area contributed by atoms with Gasteiger partial charge in [0.05, 0.1) is 17.4 Å². The molecule has 35 heavy (non-hydrogen) atoms. The van der Waals surface area contributed by atoms with Crippen LogP contribution < -0.4 is 10.6 Å². The Morgan fingerprint density at radius 2 is 1.54 bits per heavy atom. The number of hydrogen-bond acceptors (Lipinski definition) is 4. The summed E-state index contributed by atoms with van der Waals surface area (Å²) in [6.07, 6.45) is 15.5. The number of ether oxygens (including phenoxy) is 1. The van der Waals surface area contributed by atoms with Crippen molar-refractivity contribution in [2.24, 2.45) is 17.8 Å². The van der Waals surface area contributed by atoms with Crippen LogP contribution in [0.2, 0.25) is 0 Å². The number of amides is 3. The topological polar surface area (TPSA) is 87.7 Å². The fourth-order valence-electron chi connectivity index (χ4n) is 7.33. The molecule has 4 fully saturated rings. The van der Waals surface area contributed by atoms with Gasteiger partial charge < -0.3 is 20.3 Å². The van der Waals surface area contributed by atoms with E-state index in [1.54, 1.807) is 4.90 Å². The second-order valence-corrected chi connectivity index (χ2v) is 12.2. The Balaban J connectivity index is 1.43. The predicted octanol–water partition coefficient (Wildman–Crippen LogP) is 3.47. The molecule has 2 aliphatic carbocycles. The van der Waals surface area contributed by atoms with Gasteiger partial charge in [-0.2, -0.15) is 0 Å². The minimum Gasteiger partial charge on any atom is -0.356 e. The van der Waals surface area contributed by atoms with Crippen molar-refractivity contribution >= 4 is 17.7 Å². The average molecular weight is 486 g/mol. The highest BCUT2D eigenvalue weighted by Crippen LogP contribution is 2.59. The van der Waals surface area contributed by atoms with Gasteiger partial charge in [0.1, 0.15) is 11.6 Å². The maximum atomic E-state index is 14.0. The van der Waals surface area contributed by atoms with E-state index in [0.717, 1.165) is 57.8 Å². The molecular weight excluding hydrogens is 442 g/mol. The number of carbonyl (C=O) groups is 3. The molecule has 1 spiro atoms.